The Hall–Kier alpha value is -1.51. The van der Waals surface area contributed by atoms with E-state index >= 15 is 0 Å². The van der Waals surface area contributed by atoms with E-state index in [1.165, 1.54) is 32.1 Å². The van der Waals surface area contributed by atoms with E-state index in [0.717, 1.165) is 10.6 Å². The topological polar surface area (TPSA) is 148 Å². The van der Waals surface area contributed by atoms with Gasteiger partial charge in [0.05, 0.1) is 34.6 Å². The Morgan fingerprint density at radius 2 is 1.61 bits per heavy atom. The third-order valence-corrected chi connectivity index (χ3v) is 9.76. The maximum atomic E-state index is 14.3. The Morgan fingerprint density at radius 1 is 1.04 bits per heavy atom. The molecule has 2 rings (SSSR count). The molecule has 1 aromatic heterocycles. The highest BCUT2D eigenvalue weighted by Gasteiger charge is 2.48. The number of esters is 1. The summed E-state index contributed by atoms with van der Waals surface area (Å²) in [5, 5.41) is 14.0. The molecule has 11 nitrogen and oxygen atoms in total. The summed E-state index contributed by atoms with van der Waals surface area (Å²) in [6, 6.07) is 0. The third kappa shape index (κ3) is 15.8. The van der Waals surface area contributed by atoms with Gasteiger partial charge in [-0.25, -0.2) is 14.6 Å². The van der Waals surface area contributed by atoms with Gasteiger partial charge in [0.1, 0.15) is 37.3 Å². The number of halogens is 6. The molecular formula is C33H43Cl6NO10S. The Balaban J connectivity index is 2.59. The summed E-state index contributed by atoms with van der Waals surface area (Å²) >= 11 is 35.8. The number of rotatable bonds is 6. The second-order valence-electron chi connectivity index (χ2n) is 13.0. The van der Waals surface area contributed by atoms with E-state index in [1.807, 2.05) is 31.4 Å². The highest BCUT2D eigenvalue weighted by molar-refractivity contribution is 7.09. The molecule has 0 saturated carbocycles. The van der Waals surface area contributed by atoms with Crippen LogP contribution in [0.15, 0.2) is 22.6 Å². The molecule has 1 aliphatic heterocycles. The number of hydrogen-bond donors (Lipinski definition) is 1. The van der Waals surface area contributed by atoms with Gasteiger partial charge in [0, 0.05) is 17.7 Å². The number of aryl methyl sites for hydroxylation is 1. The van der Waals surface area contributed by atoms with Crippen molar-refractivity contribution in [3.05, 3.63) is 33.3 Å². The lowest BCUT2D eigenvalue weighted by atomic mass is 9.72. The summed E-state index contributed by atoms with van der Waals surface area (Å²) < 4.78 is 23.0. The van der Waals surface area contributed by atoms with Crippen LogP contribution in [0, 0.1) is 24.2 Å². The zero-order chi connectivity index (χ0) is 38.9. The van der Waals surface area contributed by atoms with Crippen LogP contribution in [-0.4, -0.2) is 79.4 Å². The van der Waals surface area contributed by atoms with Crippen LogP contribution in [0.2, 0.25) is 0 Å². The number of ketones is 1. The number of aliphatic hydroxyl groups is 1. The van der Waals surface area contributed by atoms with Crippen molar-refractivity contribution in [3.63, 3.8) is 0 Å². The quantitative estimate of drug-likeness (QED) is 0.126. The lowest BCUT2D eigenvalue weighted by Gasteiger charge is -2.38. The SMILES string of the molecule is CC1=CC[C@@H](C(C)=Cc2csc(C)n2)OC(=O)C[C@H](OC(=O)OCC(Cl)(Cl)Cl)C(C)(C)C(=O)[C@H](C)[C@@H](OC(=O)OCC(Cl)(Cl)Cl)[C@@H](C)C(O)CC1. The number of nitrogens with zero attached hydrogens (tertiary/aromatic N) is 1. The van der Waals surface area contributed by atoms with Gasteiger partial charge in [0.25, 0.3) is 0 Å². The number of thiazole rings is 1. The predicted octanol–water partition coefficient (Wildman–Crippen LogP) is 9.30. The molecule has 288 valence electrons. The van der Waals surface area contributed by atoms with Gasteiger partial charge in [-0.15, -0.1) is 11.3 Å². The summed E-state index contributed by atoms with van der Waals surface area (Å²) in [5.41, 5.74) is 0.617. The molecule has 18 heteroatoms. The molecule has 0 spiro atoms. The highest BCUT2D eigenvalue weighted by Crippen LogP contribution is 2.36. The van der Waals surface area contributed by atoms with Gasteiger partial charge >= 0.3 is 18.3 Å². The molecule has 1 N–H and O–H groups in total. The summed E-state index contributed by atoms with van der Waals surface area (Å²) in [5.74, 6) is -3.38. The molecule has 0 bridgehead atoms. The minimum Gasteiger partial charge on any atom is -0.457 e. The van der Waals surface area contributed by atoms with Crippen molar-refractivity contribution in [1.29, 1.82) is 0 Å². The number of allylic oxidation sites excluding steroid dienone is 1. The van der Waals surface area contributed by atoms with Crippen molar-refractivity contribution in [3.8, 4) is 0 Å². The fourth-order valence-electron chi connectivity index (χ4n) is 5.31. The van der Waals surface area contributed by atoms with Crippen LogP contribution in [0.3, 0.4) is 0 Å². The average Bonchev–Trinajstić information content (AvgIpc) is 3.43. The number of ether oxygens (including phenoxy) is 5. The van der Waals surface area contributed by atoms with Gasteiger partial charge in [0.2, 0.25) is 7.59 Å². The highest BCUT2D eigenvalue weighted by atomic mass is 35.6. The van der Waals surface area contributed by atoms with Crippen LogP contribution in [0.5, 0.6) is 0 Å². The molecule has 1 aromatic rings. The fraction of sp³-hybridized carbons (Fsp3) is 0.667. The van der Waals surface area contributed by atoms with E-state index in [-0.39, 0.29) is 12.8 Å². The predicted molar refractivity (Wildman–Crippen MR) is 199 cm³/mol. The second-order valence-corrected chi connectivity index (χ2v) is 19.1. The molecular weight excluding hydrogens is 815 g/mol. The standard InChI is InChI=1S/C33H43Cl6NO10S/c1-17-8-10-23(41)19(3)27(50-30(45)47-16-33(37,38)39)20(4)28(43)31(6,7)25(49-29(44)46-15-32(34,35)36)13-26(42)48-24(11-9-17)18(2)12-22-14-51-21(5)40-22/h9,12,14,19-20,23-25,27,41H,8,10-11,13,15-16H2,1-7H3/t19-,20+,23?,24-,25-,27-/m0/s1. The van der Waals surface area contributed by atoms with Crippen LogP contribution >= 0.6 is 80.9 Å². The average molecular weight is 858 g/mol. The van der Waals surface area contributed by atoms with E-state index in [1.54, 1.807) is 13.8 Å². The van der Waals surface area contributed by atoms with Crippen molar-refractivity contribution in [2.24, 2.45) is 17.3 Å². The number of cyclic esters (lactones) is 1. The Labute approximate surface area is 332 Å². The molecule has 0 saturated heterocycles. The molecule has 0 radical (unpaired) electrons. The van der Waals surface area contributed by atoms with E-state index in [2.05, 4.69) is 4.98 Å². The third-order valence-electron chi connectivity index (χ3n) is 8.31. The zero-order valence-electron chi connectivity index (χ0n) is 29.2. The first-order chi connectivity index (χ1) is 23.4. The number of aliphatic hydroxyl groups excluding tert-OH is 1. The molecule has 0 amide bonds. The molecule has 1 unspecified atom stereocenters. The van der Waals surface area contributed by atoms with E-state index in [0.29, 0.717) is 17.7 Å². The number of carbonyl (C=O) groups is 4. The first-order valence-corrected chi connectivity index (χ1v) is 19.0. The lowest BCUT2D eigenvalue weighted by molar-refractivity contribution is -0.155. The number of Topliss-reactive ketones (excluding diaryl/α,β-unsaturated/α-hetero) is 1. The molecule has 0 fully saturated rings. The molecule has 0 aliphatic carbocycles. The van der Waals surface area contributed by atoms with Gasteiger partial charge in [-0.2, -0.15) is 0 Å². The van der Waals surface area contributed by atoms with Gasteiger partial charge in [-0.3, -0.25) is 9.59 Å². The Morgan fingerprint density at radius 3 is 2.14 bits per heavy atom. The first kappa shape index (κ1) is 45.6. The number of carbonyl (C=O) groups excluding carboxylic acids is 4. The first-order valence-electron chi connectivity index (χ1n) is 15.9. The number of aromatic nitrogens is 1. The maximum Gasteiger partial charge on any atom is 0.508 e. The van der Waals surface area contributed by atoms with Crippen molar-refractivity contribution in [1.82, 2.24) is 4.98 Å². The van der Waals surface area contributed by atoms with Crippen LogP contribution in [0.4, 0.5) is 9.59 Å². The number of hydrogen-bond acceptors (Lipinski definition) is 12. The van der Waals surface area contributed by atoms with Gasteiger partial charge in [-0.1, -0.05) is 95.1 Å². The summed E-state index contributed by atoms with van der Waals surface area (Å²) in [7, 11) is 0. The van der Waals surface area contributed by atoms with Gasteiger partial charge < -0.3 is 28.8 Å². The van der Waals surface area contributed by atoms with Crippen LogP contribution in [0.1, 0.15) is 77.9 Å². The van der Waals surface area contributed by atoms with E-state index in [4.69, 9.17) is 93.3 Å². The normalized spacial score (nSPS) is 26.1. The molecule has 0 aromatic carbocycles. The van der Waals surface area contributed by atoms with E-state index in [9.17, 15) is 24.3 Å². The van der Waals surface area contributed by atoms with Crippen LogP contribution in [-0.2, 0) is 33.3 Å². The summed E-state index contributed by atoms with van der Waals surface area (Å²) in [6.45, 7) is 10.2. The smallest absolute Gasteiger partial charge is 0.457 e. The molecule has 6 atom stereocenters. The number of alkyl halides is 6. The Bertz CT molecular complexity index is 1440. The maximum absolute atomic E-state index is 14.3. The monoisotopic (exact) mass is 855 g/mol. The van der Waals surface area contributed by atoms with Crippen molar-refractivity contribution in [2.45, 2.75) is 106 Å². The van der Waals surface area contributed by atoms with Crippen LogP contribution < -0.4 is 0 Å². The summed E-state index contributed by atoms with van der Waals surface area (Å²) in [6.07, 6.45) is -3.10. The lowest BCUT2D eigenvalue weighted by Crippen LogP contribution is -2.49. The van der Waals surface area contributed by atoms with Crippen LogP contribution in [0.25, 0.3) is 6.08 Å². The minimum absolute atomic E-state index is 0.231. The molecule has 51 heavy (non-hydrogen) atoms. The molecule has 2 heterocycles. The minimum atomic E-state index is -1.97. The van der Waals surface area contributed by atoms with Gasteiger partial charge in [-0.05, 0) is 59.1 Å². The summed E-state index contributed by atoms with van der Waals surface area (Å²) in [4.78, 5) is 58.0. The van der Waals surface area contributed by atoms with E-state index < -0.39 is 92.9 Å². The van der Waals surface area contributed by atoms with Crippen molar-refractivity contribution >= 4 is 111 Å². The van der Waals surface area contributed by atoms with Crippen molar-refractivity contribution < 1.29 is 48.0 Å². The Kier molecular flexibility index (Phi) is 17.6. The largest absolute Gasteiger partial charge is 0.508 e. The fourth-order valence-corrected chi connectivity index (χ4v) is 6.20. The molecule has 1 aliphatic rings. The zero-order valence-corrected chi connectivity index (χ0v) is 34.5. The van der Waals surface area contributed by atoms with Gasteiger partial charge in [0.15, 0.2) is 0 Å². The second kappa shape index (κ2) is 19.7. The van der Waals surface area contributed by atoms with Crippen molar-refractivity contribution in [2.75, 3.05) is 13.2 Å².